The highest BCUT2D eigenvalue weighted by molar-refractivity contribution is 7.25. The average Bonchev–Trinajstić information content (AvgIpc) is 3.37. The van der Waals surface area contributed by atoms with Crippen LogP contribution in [-0.4, -0.2) is 18.8 Å². The van der Waals surface area contributed by atoms with Crippen molar-refractivity contribution < 1.29 is 9.47 Å². The summed E-state index contributed by atoms with van der Waals surface area (Å²) in [4.78, 5) is 1.17. The Morgan fingerprint density at radius 3 is 2.23 bits per heavy atom. The Morgan fingerprint density at radius 1 is 0.771 bits per heavy atom. The molecular weight excluding hydrogens is 474 g/mol. The molecule has 0 amide bonds. The van der Waals surface area contributed by atoms with Gasteiger partial charge < -0.3 is 9.47 Å². The van der Waals surface area contributed by atoms with Crippen molar-refractivity contribution in [3.8, 4) is 17.2 Å². The van der Waals surface area contributed by atoms with Crippen LogP contribution in [0.25, 0.3) is 47.7 Å². The van der Waals surface area contributed by atoms with E-state index in [2.05, 4.69) is 67.8 Å². The van der Waals surface area contributed by atoms with E-state index >= 15 is 0 Å². The topological polar surface area (TPSA) is 23.4 Å². The molecule has 0 saturated heterocycles. The van der Waals surface area contributed by atoms with Crippen LogP contribution in [0, 0.1) is 0 Å². The molecule has 2 heterocycles. The summed E-state index contributed by atoms with van der Waals surface area (Å²) in [6.45, 7) is 6.78. The highest BCUT2D eigenvalue weighted by atomic mass is 35.5. The molecule has 35 heavy (non-hydrogen) atoms. The molecule has 4 aromatic carbocycles. The number of fused-ring (bicyclic) bond motifs is 7. The Kier molecular flexibility index (Phi) is 5.03. The number of methoxy groups -OCH3 is 2. The molecule has 2 aromatic heterocycles. The summed E-state index contributed by atoms with van der Waals surface area (Å²) in [6.07, 6.45) is 0. The van der Waals surface area contributed by atoms with Crippen LogP contribution >= 0.6 is 22.9 Å². The monoisotopic (exact) mass is 499 g/mol. The lowest BCUT2D eigenvalue weighted by atomic mass is 9.86. The number of aromatic nitrogens is 1. The zero-order valence-corrected chi connectivity index (χ0v) is 22.0. The van der Waals surface area contributed by atoms with E-state index < -0.39 is 0 Å². The number of halogens is 1. The number of hydrogen-bond donors (Lipinski definition) is 0. The molecule has 176 valence electrons. The second-order valence-corrected chi connectivity index (χ2v) is 11.4. The highest BCUT2D eigenvalue weighted by Crippen LogP contribution is 2.47. The molecule has 0 unspecified atom stereocenters. The molecule has 0 atom stereocenters. The number of benzene rings is 4. The van der Waals surface area contributed by atoms with Crippen molar-refractivity contribution in [2.75, 3.05) is 14.2 Å². The predicted octanol–water partition coefficient (Wildman–Crippen LogP) is 9.12. The molecule has 0 fully saturated rings. The fourth-order valence-electron chi connectivity index (χ4n) is 4.95. The van der Waals surface area contributed by atoms with Crippen molar-refractivity contribution in [2.24, 2.45) is 0 Å². The van der Waals surface area contributed by atoms with Crippen LogP contribution in [0.3, 0.4) is 0 Å². The maximum absolute atomic E-state index is 6.80. The van der Waals surface area contributed by atoms with Gasteiger partial charge in [-0.25, -0.2) is 0 Å². The summed E-state index contributed by atoms with van der Waals surface area (Å²) >= 11 is 8.60. The third kappa shape index (κ3) is 3.39. The first-order chi connectivity index (χ1) is 16.8. The molecule has 0 aliphatic rings. The molecule has 0 radical (unpaired) electrons. The maximum Gasteiger partial charge on any atom is 0.121 e. The van der Waals surface area contributed by atoms with Crippen LogP contribution < -0.4 is 9.47 Å². The van der Waals surface area contributed by atoms with E-state index in [1.807, 2.05) is 24.3 Å². The van der Waals surface area contributed by atoms with Crippen molar-refractivity contribution in [3.05, 3.63) is 77.3 Å². The summed E-state index contributed by atoms with van der Waals surface area (Å²) in [7, 11) is 3.40. The summed E-state index contributed by atoms with van der Waals surface area (Å²) in [5.74, 6) is 1.62. The summed E-state index contributed by atoms with van der Waals surface area (Å²) in [5.41, 5.74) is 3.41. The van der Waals surface area contributed by atoms with Gasteiger partial charge in [0.15, 0.2) is 0 Å². The van der Waals surface area contributed by atoms with Gasteiger partial charge in [-0.15, -0.1) is 11.3 Å². The van der Waals surface area contributed by atoms with E-state index in [1.165, 1.54) is 42.0 Å². The van der Waals surface area contributed by atoms with E-state index in [0.29, 0.717) is 5.02 Å². The Labute approximate surface area is 213 Å². The molecular formula is C30H26ClNO2S. The molecule has 6 rings (SSSR count). The molecule has 0 N–H and O–H groups in total. The molecule has 0 saturated carbocycles. The van der Waals surface area contributed by atoms with E-state index in [1.54, 1.807) is 25.6 Å². The second kappa shape index (κ2) is 7.91. The first-order valence-electron chi connectivity index (χ1n) is 11.6. The molecule has 0 aliphatic carbocycles. The van der Waals surface area contributed by atoms with Crippen molar-refractivity contribution >= 4 is 64.9 Å². The highest BCUT2D eigenvalue weighted by Gasteiger charge is 2.23. The lowest BCUT2D eigenvalue weighted by Crippen LogP contribution is -2.10. The summed E-state index contributed by atoms with van der Waals surface area (Å²) in [6, 6.07) is 23.4. The predicted molar refractivity (Wildman–Crippen MR) is 150 cm³/mol. The Bertz CT molecular complexity index is 1770. The van der Waals surface area contributed by atoms with Gasteiger partial charge in [0.2, 0.25) is 0 Å². The first kappa shape index (κ1) is 22.3. The Balaban J connectivity index is 1.86. The minimum absolute atomic E-state index is 0.0577. The quantitative estimate of drug-likeness (QED) is 0.242. The van der Waals surface area contributed by atoms with Crippen LogP contribution in [0.4, 0.5) is 0 Å². The lowest BCUT2D eigenvalue weighted by molar-refractivity contribution is 0.414. The van der Waals surface area contributed by atoms with Crippen LogP contribution in [-0.2, 0) is 5.41 Å². The van der Waals surface area contributed by atoms with Crippen LogP contribution in [0.15, 0.2) is 66.7 Å². The molecule has 5 heteroatoms. The van der Waals surface area contributed by atoms with E-state index in [0.717, 1.165) is 22.7 Å². The minimum atomic E-state index is 0.0577. The fourth-order valence-corrected chi connectivity index (χ4v) is 6.37. The third-order valence-corrected chi connectivity index (χ3v) is 8.31. The molecule has 0 bridgehead atoms. The lowest BCUT2D eigenvalue weighted by Gasteiger charge is -2.18. The number of thiophene rings is 1. The largest absolute Gasteiger partial charge is 0.497 e. The third-order valence-electron chi connectivity index (χ3n) is 6.83. The second-order valence-electron chi connectivity index (χ2n) is 9.94. The van der Waals surface area contributed by atoms with Gasteiger partial charge >= 0.3 is 0 Å². The molecule has 6 aromatic rings. The standard InChI is InChI=1S/C30H26ClNO2S/c1-30(2,3)18-8-13-26-22(14-18)28-27-21-15-19(33-4)9-6-17(21)7-12-24(27)32(29(28)35-26)25-16-20(34-5)10-11-23(25)31/h6-16H,1-5H3. The summed E-state index contributed by atoms with van der Waals surface area (Å²) < 4.78 is 14.7. The maximum atomic E-state index is 6.80. The van der Waals surface area contributed by atoms with Crippen LogP contribution in [0.2, 0.25) is 5.02 Å². The number of ether oxygens (including phenoxy) is 2. The Hall–Kier alpha value is -3.21. The van der Waals surface area contributed by atoms with Gasteiger partial charge in [-0.1, -0.05) is 50.6 Å². The van der Waals surface area contributed by atoms with E-state index in [-0.39, 0.29) is 5.41 Å². The van der Waals surface area contributed by atoms with E-state index in [9.17, 15) is 0 Å². The molecule has 3 nitrogen and oxygen atoms in total. The van der Waals surface area contributed by atoms with Crippen molar-refractivity contribution in [1.29, 1.82) is 0 Å². The van der Waals surface area contributed by atoms with Crippen molar-refractivity contribution in [2.45, 2.75) is 26.2 Å². The normalized spacial score (nSPS) is 12.3. The van der Waals surface area contributed by atoms with Crippen molar-refractivity contribution in [3.63, 3.8) is 0 Å². The number of rotatable bonds is 3. The first-order valence-corrected chi connectivity index (χ1v) is 12.8. The zero-order chi connectivity index (χ0) is 24.5. The van der Waals surface area contributed by atoms with Gasteiger partial charge in [-0.05, 0) is 64.2 Å². The van der Waals surface area contributed by atoms with Gasteiger partial charge in [-0.3, -0.25) is 4.57 Å². The van der Waals surface area contributed by atoms with Crippen LogP contribution in [0.1, 0.15) is 26.3 Å². The fraction of sp³-hybridized carbons (Fsp3) is 0.200. The van der Waals surface area contributed by atoms with Crippen LogP contribution in [0.5, 0.6) is 11.5 Å². The van der Waals surface area contributed by atoms with Gasteiger partial charge in [0.05, 0.1) is 30.4 Å². The van der Waals surface area contributed by atoms with Crippen molar-refractivity contribution in [1.82, 2.24) is 4.57 Å². The van der Waals surface area contributed by atoms with Gasteiger partial charge in [0, 0.05) is 26.9 Å². The smallest absolute Gasteiger partial charge is 0.121 e. The molecule has 0 spiro atoms. The Morgan fingerprint density at radius 2 is 1.49 bits per heavy atom. The van der Waals surface area contributed by atoms with Gasteiger partial charge in [0.25, 0.3) is 0 Å². The summed E-state index contributed by atoms with van der Waals surface area (Å²) in [5, 5.41) is 6.78. The van der Waals surface area contributed by atoms with E-state index in [4.69, 9.17) is 21.1 Å². The zero-order valence-electron chi connectivity index (χ0n) is 20.4. The molecule has 0 aliphatic heterocycles. The SMILES string of the molecule is COc1ccc(Cl)c(-n2c3ccc4ccc(OC)cc4c3c3c4cc(C(C)(C)C)ccc4sc32)c1. The minimum Gasteiger partial charge on any atom is -0.497 e. The average molecular weight is 500 g/mol. The number of nitrogens with zero attached hydrogens (tertiary/aromatic N) is 1. The van der Waals surface area contributed by atoms with Gasteiger partial charge in [-0.2, -0.15) is 0 Å². The van der Waals surface area contributed by atoms with Gasteiger partial charge in [0.1, 0.15) is 16.3 Å². The number of hydrogen-bond acceptors (Lipinski definition) is 3.